The molecular formula is C21H35N3O2. The molecule has 1 fully saturated rings. The molecule has 1 aliphatic carbocycles. The van der Waals surface area contributed by atoms with Gasteiger partial charge in [-0.2, -0.15) is 0 Å². The number of hydrogen-bond donors (Lipinski definition) is 3. The Labute approximate surface area is 158 Å². The molecular weight excluding hydrogens is 326 g/mol. The number of nitrogens with one attached hydrogen (secondary N) is 2. The maximum Gasteiger partial charge on any atom is 0.191 e. The fraction of sp³-hybridized carbons (Fsp3) is 0.667. The number of benzene rings is 1. The standard InChI is InChI=1S/C21H35N3O2/c1-2-22-21(23-14-9-15-26-20-12-7-4-8-13-20)24-16-19(17-25)18-10-5-3-6-11-18/h3,5-6,10-11,19-20,25H,2,4,7-9,12-17H2,1H3,(H2,22,23,24). The number of nitrogens with zero attached hydrogens (tertiary/aromatic N) is 1. The van der Waals surface area contributed by atoms with Crippen LogP contribution in [0.5, 0.6) is 0 Å². The van der Waals surface area contributed by atoms with Gasteiger partial charge in [-0.05, 0) is 31.7 Å². The highest BCUT2D eigenvalue weighted by molar-refractivity contribution is 5.79. The first kappa shape index (κ1) is 20.7. The van der Waals surface area contributed by atoms with Crippen LogP contribution in [0, 0.1) is 0 Å². The Balaban J connectivity index is 1.71. The maximum absolute atomic E-state index is 9.67. The maximum atomic E-state index is 9.67. The van der Waals surface area contributed by atoms with Gasteiger partial charge in [0.05, 0.1) is 19.3 Å². The highest BCUT2D eigenvalue weighted by Crippen LogP contribution is 2.20. The normalized spacial score (nSPS) is 17.1. The van der Waals surface area contributed by atoms with Crippen LogP contribution >= 0.6 is 0 Å². The molecule has 1 aromatic rings. The van der Waals surface area contributed by atoms with Crippen LogP contribution in [0.1, 0.15) is 56.9 Å². The average Bonchev–Trinajstić information content (AvgIpc) is 2.69. The van der Waals surface area contributed by atoms with Crippen molar-refractivity contribution in [3.63, 3.8) is 0 Å². The number of guanidine groups is 1. The van der Waals surface area contributed by atoms with Crippen molar-refractivity contribution in [2.45, 2.75) is 57.5 Å². The Hall–Kier alpha value is -1.59. The minimum absolute atomic E-state index is 0.0290. The third-order valence-electron chi connectivity index (χ3n) is 4.82. The van der Waals surface area contributed by atoms with Crippen LogP contribution < -0.4 is 10.6 Å². The van der Waals surface area contributed by atoms with Gasteiger partial charge < -0.3 is 20.5 Å². The lowest BCUT2D eigenvalue weighted by Gasteiger charge is -2.22. The molecule has 5 nitrogen and oxygen atoms in total. The number of aliphatic imine (C=N–C) groups is 1. The van der Waals surface area contributed by atoms with Gasteiger partial charge in [-0.1, -0.05) is 49.6 Å². The van der Waals surface area contributed by atoms with Crippen molar-refractivity contribution >= 4 is 5.96 Å². The Morgan fingerprint density at radius 3 is 2.65 bits per heavy atom. The Morgan fingerprint density at radius 2 is 1.96 bits per heavy atom. The summed E-state index contributed by atoms with van der Waals surface area (Å²) in [6.07, 6.45) is 7.88. The van der Waals surface area contributed by atoms with E-state index in [-0.39, 0.29) is 12.5 Å². The van der Waals surface area contributed by atoms with Crippen LogP contribution in [0.15, 0.2) is 35.3 Å². The van der Waals surface area contributed by atoms with Gasteiger partial charge in [0.15, 0.2) is 5.96 Å². The van der Waals surface area contributed by atoms with Gasteiger partial charge in [0, 0.05) is 25.6 Å². The Kier molecular flexibility index (Phi) is 10.1. The highest BCUT2D eigenvalue weighted by atomic mass is 16.5. The summed E-state index contributed by atoms with van der Waals surface area (Å²) in [7, 11) is 0. The van der Waals surface area contributed by atoms with Crippen LogP contribution in [0.4, 0.5) is 0 Å². The second-order valence-electron chi connectivity index (χ2n) is 6.92. The van der Waals surface area contributed by atoms with Crippen LogP contribution in [0.3, 0.4) is 0 Å². The molecule has 1 aromatic carbocycles. The van der Waals surface area contributed by atoms with Crippen LogP contribution in [0.2, 0.25) is 0 Å². The number of rotatable bonds is 10. The molecule has 5 heteroatoms. The summed E-state index contributed by atoms with van der Waals surface area (Å²) in [4.78, 5) is 4.64. The van der Waals surface area contributed by atoms with Crippen molar-refractivity contribution in [2.24, 2.45) is 4.99 Å². The topological polar surface area (TPSA) is 65.9 Å². The third-order valence-corrected chi connectivity index (χ3v) is 4.82. The molecule has 0 bridgehead atoms. The van der Waals surface area contributed by atoms with E-state index in [9.17, 15) is 5.11 Å². The second-order valence-corrected chi connectivity index (χ2v) is 6.92. The average molecular weight is 362 g/mol. The van der Waals surface area contributed by atoms with E-state index < -0.39 is 0 Å². The summed E-state index contributed by atoms with van der Waals surface area (Å²) in [6.45, 7) is 5.19. The van der Waals surface area contributed by atoms with Gasteiger partial charge in [-0.3, -0.25) is 4.99 Å². The molecule has 0 spiro atoms. The van der Waals surface area contributed by atoms with Gasteiger partial charge in [-0.15, -0.1) is 0 Å². The van der Waals surface area contributed by atoms with E-state index in [0.717, 1.165) is 37.6 Å². The predicted octanol–water partition coefficient (Wildman–Crippen LogP) is 3.06. The van der Waals surface area contributed by atoms with E-state index in [1.54, 1.807) is 0 Å². The molecule has 26 heavy (non-hydrogen) atoms. The van der Waals surface area contributed by atoms with Crippen molar-refractivity contribution < 1.29 is 9.84 Å². The van der Waals surface area contributed by atoms with Crippen LogP contribution in [-0.2, 0) is 4.74 Å². The van der Waals surface area contributed by atoms with Crippen molar-refractivity contribution in [1.29, 1.82) is 0 Å². The van der Waals surface area contributed by atoms with E-state index in [0.29, 0.717) is 12.6 Å². The number of aliphatic hydroxyl groups excluding tert-OH is 1. The molecule has 0 aliphatic heterocycles. The number of hydrogen-bond acceptors (Lipinski definition) is 3. The fourth-order valence-electron chi connectivity index (χ4n) is 3.30. The molecule has 1 aliphatic rings. The van der Waals surface area contributed by atoms with Crippen molar-refractivity contribution in [1.82, 2.24) is 10.6 Å². The Bertz CT molecular complexity index is 501. The summed E-state index contributed by atoms with van der Waals surface area (Å²) in [5.74, 6) is 0.834. The fourth-order valence-corrected chi connectivity index (χ4v) is 3.30. The minimum atomic E-state index is 0.0290. The van der Waals surface area contributed by atoms with Gasteiger partial charge >= 0.3 is 0 Å². The summed E-state index contributed by atoms with van der Waals surface area (Å²) in [5, 5.41) is 16.3. The van der Waals surface area contributed by atoms with E-state index in [1.165, 1.54) is 32.1 Å². The van der Waals surface area contributed by atoms with Crippen molar-refractivity contribution in [2.75, 3.05) is 32.8 Å². The molecule has 0 heterocycles. The molecule has 0 aromatic heterocycles. The molecule has 1 atom stereocenters. The van der Waals surface area contributed by atoms with E-state index >= 15 is 0 Å². The smallest absolute Gasteiger partial charge is 0.191 e. The summed E-state index contributed by atoms with van der Waals surface area (Å²) < 4.78 is 5.96. The van der Waals surface area contributed by atoms with Gasteiger partial charge in [-0.25, -0.2) is 0 Å². The monoisotopic (exact) mass is 361 g/mol. The molecule has 0 amide bonds. The highest BCUT2D eigenvalue weighted by Gasteiger charge is 2.13. The first-order chi connectivity index (χ1) is 12.8. The third kappa shape index (κ3) is 7.75. The lowest BCUT2D eigenvalue weighted by molar-refractivity contribution is 0.0277. The number of aliphatic hydroxyl groups is 1. The first-order valence-corrected chi connectivity index (χ1v) is 10.1. The van der Waals surface area contributed by atoms with E-state index in [2.05, 4.69) is 22.5 Å². The molecule has 1 unspecified atom stereocenters. The van der Waals surface area contributed by atoms with Gasteiger partial charge in [0.2, 0.25) is 0 Å². The van der Waals surface area contributed by atoms with E-state index in [4.69, 9.17) is 4.74 Å². The quantitative estimate of drug-likeness (QED) is 0.340. The van der Waals surface area contributed by atoms with Crippen LogP contribution in [0.25, 0.3) is 0 Å². The molecule has 146 valence electrons. The molecule has 0 saturated heterocycles. The van der Waals surface area contributed by atoms with Gasteiger partial charge in [0.1, 0.15) is 0 Å². The lowest BCUT2D eigenvalue weighted by atomic mass is 9.98. The second kappa shape index (κ2) is 12.7. The Morgan fingerprint density at radius 1 is 1.19 bits per heavy atom. The molecule has 0 radical (unpaired) electrons. The molecule has 1 saturated carbocycles. The lowest BCUT2D eigenvalue weighted by Crippen LogP contribution is -2.38. The SMILES string of the molecule is CCNC(=NCC(CO)c1ccccc1)NCCCOC1CCCCC1. The summed E-state index contributed by atoms with van der Waals surface area (Å²) >= 11 is 0. The first-order valence-electron chi connectivity index (χ1n) is 10.1. The molecule has 3 N–H and O–H groups in total. The molecule has 2 rings (SSSR count). The zero-order valence-electron chi connectivity index (χ0n) is 16.1. The predicted molar refractivity (Wildman–Crippen MR) is 108 cm³/mol. The minimum Gasteiger partial charge on any atom is -0.396 e. The van der Waals surface area contributed by atoms with Crippen LogP contribution in [-0.4, -0.2) is 50.0 Å². The van der Waals surface area contributed by atoms with Gasteiger partial charge in [0.25, 0.3) is 0 Å². The van der Waals surface area contributed by atoms with Crippen molar-refractivity contribution in [3.8, 4) is 0 Å². The summed E-state index contributed by atoms with van der Waals surface area (Å²) in [5.41, 5.74) is 1.12. The zero-order chi connectivity index (χ0) is 18.5. The summed E-state index contributed by atoms with van der Waals surface area (Å²) in [6, 6.07) is 10.1. The van der Waals surface area contributed by atoms with E-state index in [1.807, 2.05) is 30.3 Å². The number of ether oxygens (including phenoxy) is 1. The zero-order valence-corrected chi connectivity index (χ0v) is 16.1. The van der Waals surface area contributed by atoms with Crippen molar-refractivity contribution in [3.05, 3.63) is 35.9 Å². The largest absolute Gasteiger partial charge is 0.396 e.